The van der Waals surface area contributed by atoms with Crippen LogP contribution >= 0.6 is 11.8 Å². The minimum atomic E-state index is -3.11. The minimum absolute atomic E-state index is 0.121. The summed E-state index contributed by atoms with van der Waals surface area (Å²) >= 11 is 1.69. The number of nitrogens with zero attached hydrogens (tertiary/aromatic N) is 2. The third-order valence-corrected chi connectivity index (χ3v) is 6.66. The monoisotopic (exact) mass is 404 g/mol. The lowest BCUT2D eigenvalue weighted by Crippen LogP contribution is -2.39. The molecule has 0 radical (unpaired) electrons. The summed E-state index contributed by atoms with van der Waals surface area (Å²) in [4.78, 5) is 5.20. The molecule has 0 fully saturated rings. The molecule has 0 saturated heterocycles. The molecule has 0 spiro atoms. The molecule has 26 heavy (non-hydrogen) atoms. The molecule has 148 valence electrons. The Morgan fingerprint density at radius 3 is 2.38 bits per heavy atom. The average Bonchev–Trinajstić information content (AvgIpc) is 2.64. The number of hydrogen-bond acceptors (Lipinski definition) is 4. The summed E-state index contributed by atoms with van der Waals surface area (Å²) in [6.45, 7) is 3.55. The number of sulfonamides is 1. The largest absolute Gasteiger partial charge is 0.356 e. The van der Waals surface area contributed by atoms with Crippen molar-refractivity contribution in [2.24, 2.45) is 4.99 Å². The van der Waals surface area contributed by atoms with Crippen molar-refractivity contribution in [3.63, 3.8) is 0 Å². The summed E-state index contributed by atoms with van der Waals surface area (Å²) in [5.41, 5.74) is 0. The highest BCUT2D eigenvalue weighted by atomic mass is 32.2. The first-order valence-corrected chi connectivity index (χ1v) is 11.3. The van der Waals surface area contributed by atoms with E-state index in [9.17, 15) is 12.8 Å². The Morgan fingerprint density at radius 2 is 1.81 bits per heavy atom. The van der Waals surface area contributed by atoms with Gasteiger partial charge in [0.25, 0.3) is 0 Å². The molecule has 0 amide bonds. The number of aliphatic imine (C=N–C) groups is 1. The second kappa shape index (κ2) is 12.1. The summed E-state index contributed by atoms with van der Waals surface area (Å²) in [5.74, 6) is 1.54. The lowest BCUT2D eigenvalue weighted by molar-refractivity contribution is 0.461. The SMILES string of the molecule is CCS(=O)(=O)N(C)CCCNC(=NC)NCCCSc1ccc(F)cc1. The number of halogens is 1. The van der Waals surface area contributed by atoms with Crippen LogP contribution in [0.1, 0.15) is 19.8 Å². The van der Waals surface area contributed by atoms with E-state index < -0.39 is 10.0 Å². The highest BCUT2D eigenvalue weighted by molar-refractivity contribution is 7.99. The first-order chi connectivity index (χ1) is 12.4. The molecule has 2 N–H and O–H groups in total. The van der Waals surface area contributed by atoms with Gasteiger partial charge in [-0.05, 0) is 49.8 Å². The van der Waals surface area contributed by atoms with Crippen LogP contribution in [0.5, 0.6) is 0 Å². The van der Waals surface area contributed by atoms with Gasteiger partial charge in [-0.25, -0.2) is 17.1 Å². The average molecular weight is 405 g/mol. The number of hydrogen-bond donors (Lipinski definition) is 2. The molecule has 0 aliphatic heterocycles. The van der Waals surface area contributed by atoms with E-state index in [2.05, 4.69) is 15.6 Å². The molecule has 0 aromatic heterocycles. The topological polar surface area (TPSA) is 73.8 Å². The van der Waals surface area contributed by atoms with Gasteiger partial charge >= 0.3 is 0 Å². The summed E-state index contributed by atoms with van der Waals surface area (Å²) in [6.07, 6.45) is 1.65. The highest BCUT2D eigenvalue weighted by Crippen LogP contribution is 2.18. The molecular weight excluding hydrogens is 375 g/mol. The summed E-state index contributed by atoms with van der Waals surface area (Å²) < 4.78 is 37.5. The van der Waals surface area contributed by atoms with E-state index in [1.807, 2.05) is 0 Å². The van der Waals surface area contributed by atoms with Crippen LogP contribution in [0.3, 0.4) is 0 Å². The normalized spacial score (nSPS) is 12.4. The number of guanidine groups is 1. The van der Waals surface area contributed by atoms with Crippen molar-refractivity contribution in [1.82, 2.24) is 14.9 Å². The van der Waals surface area contributed by atoms with Crippen LogP contribution in [0.4, 0.5) is 4.39 Å². The van der Waals surface area contributed by atoms with E-state index in [-0.39, 0.29) is 11.6 Å². The third-order valence-electron chi connectivity index (χ3n) is 3.70. The van der Waals surface area contributed by atoms with Crippen LogP contribution in [0.15, 0.2) is 34.2 Å². The predicted octanol–water partition coefficient (Wildman–Crippen LogP) is 2.14. The molecular formula is C17H29FN4O2S2. The van der Waals surface area contributed by atoms with Crippen molar-refractivity contribution < 1.29 is 12.8 Å². The van der Waals surface area contributed by atoms with E-state index in [4.69, 9.17) is 0 Å². The van der Waals surface area contributed by atoms with Gasteiger partial charge in [0.15, 0.2) is 5.96 Å². The number of nitrogens with one attached hydrogen (secondary N) is 2. The molecule has 0 aliphatic carbocycles. The van der Waals surface area contributed by atoms with Gasteiger partial charge in [0.2, 0.25) is 10.0 Å². The summed E-state index contributed by atoms with van der Waals surface area (Å²) in [5, 5.41) is 6.41. The smallest absolute Gasteiger partial charge is 0.213 e. The Kier molecular flexibility index (Phi) is 10.6. The first kappa shape index (κ1) is 22.7. The zero-order valence-electron chi connectivity index (χ0n) is 15.7. The van der Waals surface area contributed by atoms with Crippen molar-refractivity contribution >= 4 is 27.7 Å². The van der Waals surface area contributed by atoms with E-state index in [0.29, 0.717) is 25.5 Å². The molecule has 1 rings (SSSR count). The minimum Gasteiger partial charge on any atom is -0.356 e. The van der Waals surface area contributed by atoms with Gasteiger partial charge in [-0.3, -0.25) is 4.99 Å². The fraction of sp³-hybridized carbons (Fsp3) is 0.588. The lowest BCUT2D eigenvalue weighted by atomic mass is 10.4. The van der Waals surface area contributed by atoms with Crippen molar-refractivity contribution in [3.8, 4) is 0 Å². The van der Waals surface area contributed by atoms with Crippen molar-refractivity contribution in [3.05, 3.63) is 30.1 Å². The standard InChI is InChI=1S/C17H29FN4O2S2/c1-4-26(23,24)22(3)13-5-11-20-17(19-2)21-12-6-14-25-16-9-7-15(18)8-10-16/h7-10H,4-6,11-14H2,1-3H3,(H2,19,20,21). The second-order valence-electron chi connectivity index (χ2n) is 5.66. The van der Waals surface area contributed by atoms with E-state index >= 15 is 0 Å². The van der Waals surface area contributed by atoms with Gasteiger partial charge in [0.05, 0.1) is 5.75 Å². The molecule has 1 aromatic carbocycles. The number of benzene rings is 1. The van der Waals surface area contributed by atoms with Crippen LogP contribution in [-0.4, -0.2) is 63.9 Å². The zero-order chi connectivity index (χ0) is 19.4. The molecule has 0 atom stereocenters. The fourth-order valence-corrected chi connectivity index (χ4v) is 3.79. The fourth-order valence-electron chi connectivity index (χ4n) is 2.09. The van der Waals surface area contributed by atoms with Gasteiger partial charge in [-0.1, -0.05) is 0 Å². The maximum absolute atomic E-state index is 12.8. The highest BCUT2D eigenvalue weighted by Gasteiger charge is 2.13. The van der Waals surface area contributed by atoms with Gasteiger partial charge in [0, 0.05) is 38.6 Å². The van der Waals surface area contributed by atoms with Crippen LogP contribution in [-0.2, 0) is 10.0 Å². The molecule has 0 heterocycles. The van der Waals surface area contributed by atoms with Crippen molar-refractivity contribution in [1.29, 1.82) is 0 Å². The van der Waals surface area contributed by atoms with E-state index in [1.54, 1.807) is 44.9 Å². The van der Waals surface area contributed by atoms with Crippen LogP contribution in [0.2, 0.25) is 0 Å². The quantitative estimate of drug-likeness (QED) is 0.256. The second-order valence-corrected chi connectivity index (χ2v) is 9.19. The molecule has 6 nitrogen and oxygen atoms in total. The molecule has 0 saturated carbocycles. The Hall–Kier alpha value is -1.32. The van der Waals surface area contributed by atoms with E-state index in [0.717, 1.165) is 23.6 Å². The van der Waals surface area contributed by atoms with Gasteiger partial charge in [-0.2, -0.15) is 0 Å². The molecule has 0 aliphatic rings. The van der Waals surface area contributed by atoms with Crippen LogP contribution in [0, 0.1) is 5.82 Å². The van der Waals surface area contributed by atoms with Crippen molar-refractivity contribution in [2.75, 3.05) is 45.2 Å². The van der Waals surface area contributed by atoms with E-state index in [1.165, 1.54) is 16.4 Å². The van der Waals surface area contributed by atoms with Gasteiger partial charge in [0.1, 0.15) is 5.82 Å². The zero-order valence-corrected chi connectivity index (χ0v) is 17.3. The molecule has 0 bridgehead atoms. The summed E-state index contributed by atoms with van der Waals surface area (Å²) in [7, 11) is 0.193. The number of thioether (sulfide) groups is 1. The maximum atomic E-state index is 12.8. The first-order valence-electron chi connectivity index (χ1n) is 8.66. The summed E-state index contributed by atoms with van der Waals surface area (Å²) in [6, 6.07) is 6.50. The Bertz CT molecular complexity index is 651. The van der Waals surface area contributed by atoms with Crippen molar-refractivity contribution in [2.45, 2.75) is 24.7 Å². The Labute approximate surface area is 160 Å². The maximum Gasteiger partial charge on any atom is 0.213 e. The molecule has 1 aromatic rings. The van der Waals surface area contributed by atoms with Gasteiger partial charge in [-0.15, -0.1) is 11.8 Å². The third kappa shape index (κ3) is 8.86. The Morgan fingerprint density at radius 1 is 1.19 bits per heavy atom. The molecule has 9 heteroatoms. The lowest BCUT2D eigenvalue weighted by Gasteiger charge is -2.16. The number of rotatable bonds is 11. The molecule has 0 unspecified atom stereocenters. The Balaban J connectivity index is 2.14. The van der Waals surface area contributed by atoms with Crippen LogP contribution in [0.25, 0.3) is 0 Å². The van der Waals surface area contributed by atoms with Gasteiger partial charge < -0.3 is 10.6 Å². The van der Waals surface area contributed by atoms with Crippen LogP contribution < -0.4 is 10.6 Å². The predicted molar refractivity (Wildman–Crippen MR) is 108 cm³/mol.